The zero-order valence-corrected chi connectivity index (χ0v) is 82.6. The highest BCUT2D eigenvalue weighted by Crippen LogP contribution is 2.38. The fourth-order valence-corrected chi connectivity index (χ4v) is 20.3. The number of fused-ring (bicyclic) bond motifs is 4. The molecule has 41 nitrogen and oxygen atoms in total. The van der Waals surface area contributed by atoms with Crippen LogP contribution >= 0.6 is 23.1 Å². The number of imidazole rings is 4. The van der Waals surface area contributed by atoms with Gasteiger partial charge < -0.3 is 69.5 Å². The van der Waals surface area contributed by atoms with Crippen molar-refractivity contribution >= 4 is 84.4 Å². The summed E-state index contributed by atoms with van der Waals surface area (Å²) in [6.45, 7) is 31.0. The minimum Gasteiger partial charge on any atom is -0.493 e. The number of aryl methyl sites for hydroxylation is 8. The number of sulfonamides is 2. The van der Waals surface area contributed by atoms with Gasteiger partial charge in [-0.1, -0.05) is 34.6 Å². The maximum atomic E-state index is 13.5. The first-order valence-electron chi connectivity index (χ1n) is 44.8. The Bertz CT molecular complexity index is 6720. The van der Waals surface area contributed by atoms with Gasteiger partial charge in [0.25, 0.3) is 41.4 Å². The average molecular weight is 1990 g/mol. The number of piperazine rings is 1. The monoisotopic (exact) mass is 1990 g/mol. The third kappa shape index (κ3) is 24.7. The van der Waals surface area contributed by atoms with Crippen LogP contribution in [0.1, 0.15) is 160 Å². The van der Waals surface area contributed by atoms with Crippen molar-refractivity contribution in [3.63, 3.8) is 0 Å². The molecule has 47 heteroatoms. The van der Waals surface area contributed by atoms with Gasteiger partial charge in [-0.05, 0) is 211 Å². The molecule has 3 fully saturated rings. The number of ether oxygens (including phenoxy) is 4. The molecule has 0 bridgehead atoms. The van der Waals surface area contributed by atoms with Gasteiger partial charge in [0.1, 0.15) is 46.3 Å². The summed E-state index contributed by atoms with van der Waals surface area (Å²) in [5.41, 5.74) is 3.68. The van der Waals surface area contributed by atoms with Gasteiger partial charge in [-0.2, -0.15) is 17.0 Å². The highest BCUT2D eigenvalue weighted by Gasteiger charge is 2.35. The smallest absolute Gasteiger partial charge is 0.294 e. The summed E-state index contributed by atoms with van der Waals surface area (Å²) in [6, 6.07) is 17.3. The van der Waals surface area contributed by atoms with E-state index in [0.717, 1.165) is 58.2 Å². The Hall–Kier alpha value is -10.5. The van der Waals surface area contributed by atoms with Gasteiger partial charge in [-0.3, -0.25) is 23.7 Å². The van der Waals surface area contributed by atoms with E-state index in [1.165, 1.54) is 70.7 Å². The van der Waals surface area contributed by atoms with Crippen molar-refractivity contribution < 1.29 is 77.6 Å². The normalized spacial score (nSPS) is 14.9. The molecule has 736 valence electrons. The van der Waals surface area contributed by atoms with Gasteiger partial charge in [0.2, 0.25) is 20.0 Å². The minimum atomic E-state index is -4.42. The fourth-order valence-electron chi connectivity index (χ4n) is 16.1. The van der Waals surface area contributed by atoms with Crippen LogP contribution in [0.15, 0.2) is 112 Å². The van der Waals surface area contributed by atoms with E-state index in [1.54, 1.807) is 70.3 Å². The molecule has 10 N–H and O–H groups in total. The van der Waals surface area contributed by atoms with Gasteiger partial charge in [0.05, 0.1) is 116 Å². The molecule has 135 heavy (non-hydrogen) atoms. The maximum Gasteiger partial charge on any atom is 0.294 e. The zero-order valence-electron chi connectivity index (χ0n) is 77.7. The average Bonchev–Trinajstić information content (AvgIpc) is 1.69. The standard InChI is InChI=1S/C24H33N5O6S.C23H32N6O4S.C17H19ClN4O4S.C17H20N4O5S.C7H15NO2.ClH/c1-4-6-21-25-15(3)22-24(32)26-23(27-29(21)22)18-13-17(7-8-20(18)35-5-2)36(33,34)28-11-9-16(10-12-28)19(31)14-30;1-5-8-20-24-16(4)21-23(30)25-22(26-29(20)21)18-15-17(9-10-19(18)33-7-3)34(31,32)28-13-11-27(6-2)12-14-28;1-4-6-14-19-10(3)15-17(23)20-16(21-22(14)15)12-9-11(27(18,24)25)7-8-13(12)26-5-2;1-4-6-14-18-10(3)15-17(22)19-16(20-21(14)15)12-9-11(27(23,24)25)7-8-13(12)26-5-2;9-5-7(10)6-1-3-8-4-2-6;/h7-8,13,16,19,30-31H,4-6,9-12,14H2,1-3H3,(H,26,27,32);9-10,15H,5-8,11-14H2,1-4H3,(H,25,26,30);7-9H,4-6H2,1-3H3,(H,20,21,23);7-9H,4-6H2,1-3H3,(H,19,20,22)(H,23,24,25);6-10H,1-5H2;1H/t19-;;;;7-;/m0...0./s1. The number of aromatic nitrogens is 16. The molecule has 3 aliphatic heterocycles. The van der Waals surface area contributed by atoms with Crippen LogP contribution in [0.3, 0.4) is 0 Å². The number of benzene rings is 4. The summed E-state index contributed by atoms with van der Waals surface area (Å²) >= 11 is 0. The summed E-state index contributed by atoms with van der Waals surface area (Å²) in [6.07, 6.45) is 7.47. The molecule has 8 aromatic heterocycles. The molecule has 0 saturated carbocycles. The molecule has 15 rings (SSSR count). The number of rotatable bonds is 31. The summed E-state index contributed by atoms with van der Waals surface area (Å²) in [7, 11) is -10.5. The van der Waals surface area contributed by atoms with Crippen molar-refractivity contribution in [3.8, 4) is 68.5 Å². The van der Waals surface area contributed by atoms with Crippen LogP contribution in [0, 0.1) is 39.5 Å². The molecule has 12 aromatic rings. The molecule has 0 aliphatic carbocycles. The molecule has 2 atom stereocenters. The predicted molar refractivity (Wildman–Crippen MR) is 510 cm³/mol. The summed E-state index contributed by atoms with van der Waals surface area (Å²) in [5, 5.41) is 58.4. The molecule has 0 radical (unpaired) electrons. The van der Waals surface area contributed by atoms with E-state index >= 15 is 0 Å². The molecule has 4 aromatic carbocycles. The third-order valence-electron chi connectivity index (χ3n) is 22.9. The number of nitrogens with zero attached hydrogens (tertiary/aromatic N) is 15. The van der Waals surface area contributed by atoms with Gasteiger partial charge >= 0.3 is 0 Å². The van der Waals surface area contributed by atoms with Crippen molar-refractivity contribution in [2.45, 2.75) is 199 Å². The van der Waals surface area contributed by atoms with Crippen LogP contribution in [-0.2, 0) is 64.9 Å². The van der Waals surface area contributed by atoms with E-state index < -0.39 is 57.0 Å². The number of nitrogens with one attached hydrogen (secondary N) is 5. The van der Waals surface area contributed by atoms with Crippen molar-refractivity contribution in [2.75, 3.05) is 98.5 Å². The van der Waals surface area contributed by atoms with Crippen LogP contribution in [0.25, 0.3) is 67.6 Å². The molecule has 3 aliphatic rings. The number of aromatic amines is 4. The number of H-pyrrole nitrogens is 4. The number of halogens is 2. The van der Waals surface area contributed by atoms with Crippen LogP contribution < -0.4 is 46.5 Å². The summed E-state index contributed by atoms with van der Waals surface area (Å²) in [5.74, 6) is 5.12. The molecular formula is C88H120Cl2N20O21S4. The summed E-state index contributed by atoms with van der Waals surface area (Å²) < 4.78 is 141. The Labute approximate surface area is 792 Å². The topological polar surface area (TPSA) is 549 Å². The predicted octanol–water partition coefficient (Wildman–Crippen LogP) is 7.99. The van der Waals surface area contributed by atoms with Gasteiger partial charge in [-0.15, -0.1) is 32.8 Å². The minimum absolute atomic E-state index is 0. The van der Waals surface area contributed by atoms with E-state index in [0.29, 0.717) is 205 Å². The lowest BCUT2D eigenvalue weighted by Gasteiger charge is -2.33. The van der Waals surface area contributed by atoms with Crippen LogP contribution in [0.2, 0.25) is 0 Å². The van der Waals surface area contributed by atoms with Crippen LogP contribution in [0.5, 0.6) is 23.0 Å². The Morgan fingerprint density at radius 1 is 0.407 bits per heavy atom. The van der Waals surface area contributed by atoms with Gasteiger partial charge in [-0.25, -0.2) is 63.3 Å². The zero-order chi connectivity index (χ0) is 97.4. The number of aliphatic hydroxyl groups is 4. The first kappa shape index (κ1) is 107. The van der Waals surface area contributed by atoms with E-state index in [-0.39, 0.29) is 110 Å². The molecule has 0 spiro atoms. The highest BCUT2D eigenvalue weighted by atomic mass is 35.7. The Morgan fingerprint density at radius 2 is 0.681 bits per heavy atom. The lowest BCUT2D eigenvalue weighted by molar-refractivity contribution is 0.0278. The Balaban J connectivity index is 0.000000180. The van der Waals surface area contributed by atoms with Crippen molar-refractivity contribution in [1.29, 1.82) is 0 Å². The number of hydrogen-bond donors (Lipinski definition) is 10. The molecule has 0 amide bonds. The second-order valence-electron chi connectivity index (χ2n) is 32.2. The Morgan fingerprint density at radius 3 is 0.956 bits per heavy atom. The fraction of sp³-hybridized carbons (Fsp3) is 0.500. The molecule has 3 saturated heterocycles. The molecule has 0 unspecified atom stereocenters. The second kappa shape index (κ2) is 47.0. The van der Waals surface area contributed by atoms with Gasteiger partial charge in [0, 0.05) is 75.6 Å². The van der Waals surface area contributed by atoms with E-state index in [9.17, 15) is 72.7 Å². The van der Waals surface area contributed by atoms with E-state index in [2.05, 4.69) is 77.4 Å². The molecule has 11 heterocycles. The van der Waals surface area contributed by atoms with Crippen LogP contribution in [-0.4, -0.2) is 261 Å². The lowest BCUT2D eigenvalue weighted by Crippen LogP contribution is -2.48. The maximum absolute atomic E-state index is 13.5. The van der Waals surface area contributed by atoms with Crippen molar-refractivity contribution in [2.24, 2.45) is 11.8 Å². The first-order valence-corrected chi connectivity index (χ1v) is 51.5. The quantitative estimate of drug-likeness (QED) is 0.0145. The lowest BCUT2D eigenvalue weighted by atomic mass is 9.93. The van der Waals surface area contributed by atoms with Crippen molar-refractivity contribution in [1.82, 2.24) is 97.2 Å². The summed E-state index contributed by atoms with van der Waals surface area (Å²) in [4.78, 5) is 81.9. The number of hydrogen-bond acceptors (Lipinski definition) is 30. The van der Waals surface area contributed by atoms with Crippen LogP contribution in [0.4, 0.5) is 0 Å². The third-order valence-corrected chi connectivity index (χ3v) is 28.9. The number of likely N-dealkylation sites (N-methyl/N-ethyl adjacent to an activating group) is 1. The number of aliphatic hydroxyl groups excluding tert-OH is 4. The Kier molecular flexibility index (Phi) is 37.1. The van der Waals surface area contributed by atoms with E-state index in [4.69, 9.17) is 34.7 Å². The molecular weight excluding hydrogens is 1870 g/mol. The highest BCUT2D eigenvalue weighted by molar-refractivity contribution is 8.13. The largest absolute Gasteiger partial charge is 0.493 e. The van der Waals surface area contributed by atoms with Gasteiger partial charge in [0.15, 0.2) is 45.4 Å². The first-order chi connectivity index (χ1) is 63.9. The van der Waals surface area contributed by atoms with E-state index in [1.807, 2.05) is 41.5 Å². The SMILES string of the molecule is CCCc1nc(C)c2c(=O)[nH]c(-c3cc(S(=O)(=O)Cl)ccc3OCC)nn12.CCCc1nc(C)c2c(=O)[nH]c(-c3cc(S(=O)(=O)N4CCC([C@@H](O)CO)CC4)ccc3OCC)nn12.CCCc1nc(C)c2c(=O)[nH]c(-c3cc(S(=O)(=O)N4CCN(CC)CC4)ccc3OCC)nn12.CCCc1nc(C)c2c(=O)[nH]c(-c3cc(S(=O)(=O)O)ccc3OCC)nn12.Cl.OC[C@H](O)C1CCNCC1. The number of piperidine rings is 2. The van der Waals surface area contributed by atoms with Crippen molar-refractivity contribution in [3.05, 3.63) is 160 Å². The second-order valence-corrected chi connectivity index (χ2v) is 40.0.